The summed E-state index contributed by atoms with van der Waals surface area (Å²) in [7, 11) is 1.62. The summed E-state index contributed by atoms with van der Waals surface area (Å²) in [5.41, 5.74) is 3.23. The minimum atomic E-state index is 0.237. The van der Waals surface area contributed by atoms with Crippen molar-refractivity contribution in [2.24, 2.45) is 0 Å². The molecular weight excluding hydrogens is 368 g/mol. The van der Waals surface area contributed by atoms with Gasteiger partial charge in [0.1, 0.15) is 18.1 Å². The van der Waals surface area contributed by atoms with Crippen LogP contribution in [0.2, 0.25) is 0 Å². The molecule has 0 unspecified atom stereocenters. The maximum absolute atomic E-state index is 5.93. The molecule has 4 aromatic rings. The molecule has 0 bridgehead atoms. The molecule has 0 N–H and O–H groups in total. The number of rotatable bonds is 7. The summed E-state index contributed by atoms with van der Waals surface area (Å²) in [6.07, 6.45) is 3.40. The van der Waals surface area contributed by atoms with Gasteiger partial charge in [0.2, 0.25) is 11.8 Å². The van der Waals surface area contributed by atoms with Crippen molar-refractivity contribution in [2.75, 3.05) is 7.11 Å². The topological polar surface area (TPSA) is 83.2 Å². The van der Waals surface area contributed by atoms with Gasteiger partial charge in [-0.05, 0) is 31.2 Å². The van der Waals surface area contributed by atoms with Gasteiger partial charge in [-0.2, -0.15) is 4.98 Å². The third kappa shape index (κ3) is 4.47. The van der Waals surface area contributed by atoms with Crippen LogP contribution in [0.15, 0.2) is 65.3 Å². The van der Waals surface area contributed by atoms with Gasteiger partial charge in [-0.3, -0.25) is 4.98 Å². The fraction of sp³-hybridized carbons (Fsp3) is 0.182. The zero-order valence-electron chi connectivity index (χ0n) is 16.2. The van der Waals surface area contributed by atoms with Crippen LogP contribution in [0.3, 0.4) is 0 Å². The average molecular weight is 388 g/mol. The van der Waals surface area contributed by atoms with Gasteiger partial charge in [-0.25, -0.2) is 9.97 Å². The van der Waals surface area contributed by atoms with Gasteiger partial charge in [0, 0.05) is 36.7 Å². The van der Waals surface area contributed by atoms with Crippen LogP contribution in [0.25, 0.3) is 22.8 Å². The van der Waals surface area contributed by atoms with Crippen LogP contribution in [0.4, 0.5) is 0 Å². The number of hydrogen-bond donors (Lipinski definition) is 0. The number of aryl methyl sites for hydroxylation is 1. The third-order valence-electron chi connectivity index (χ3n) is 4.26. The first-order valence-electron chi connectivity index (χ1n) is 9.15. The lowest BCUT2D eigenvalue weighted by Crippen LogP contribution is -2.04. The van der Waals surface area contributed by atoms with E-state index in [0.29, 0.717) is 30.0 Å². The average Bonchev–Trinajstić information content (AvgIpc) is 3.14. The van der Waals surface area contributed by atoms with Gasteiger partial charge in [0.15, 0.2) is 5.82 Å². The molecule has 0 saturated heterocycles. The second-order valence-corrected chi connectivity index (χ2v) is 6.37. The summed E-state index contributed by atoms with van der Waals surface area (Å²) >= 11 is 0. The number of nitrogens with zero attached hydrogens (tertiary/aromatic N) is 4. The van der Waals surface area contributed by atoms with E-state index in [0.717, 1.165) is 22.5 Å². The van der Waals surface area contributed by atoms with Crippen molar-refractivity contribution in [1.82, 2.24) is 19.9 Å². The lowest BCUT2D eigenvalue weighted by molar-refractivity contribution is 0.180. The number of ether oxygens (including phenoxy) is 2. The molecule has 0 amide bonds. The molecule has 0 radical (unpaired) electrons. The van der Waals surface area contributed by atoms with E-state index in [4.69, 9.17) is 13.9 Å². The highest BCUT2D eigenvalue weighted by Crippen LogP contribution is 2.23. The summed E-state index contributed by atoms with van der Waals surface area (Å²) in [5, 5.41) is 0. The highest BCUT2D eigenvalue weighted by Gasteiger charge is 2.13. The van der Waals surface area contributed by atoms with Crippen LogP contribution >= 0.6 is 0 Å². The van der Waals surface area contributed by atoms with Crippen LogP contribution in [-0.4, -0.2) is 27.0 Å². The second-order valence-electron chi connectivity index (χ2n) is 6.37. The summed E-state index contributed by atoms with van der Waals surface area (Å²) < 4.78 is 16.9. The van der Waals surface area contributed by atoms with E-state index in [-0.39, 0.29) is 6.61 Å². The predicted molar refractivity (Wildman–Crippen MR) is 107 cm³/mol. The molecule has 3 aromatic heterocycles. The Morgan fingerprint density at radius 1 is 0.897 bits per heavy atom. The highest BCUT2D eigenvalue weighted by molar-refractivity contribution is 5.55. The van der Waals surface area contributed by atoms with Crippen molar-refractivity contribution in [3.63, 3.8) is 0 Å². The zero-order chi connectivity index (χ0) is 20.1. The maximum atomic E-state index is 5.93. The molecule has 0 saturated carbocycles. The fourth-order valence-electron chi connectivity index (χ4n) is 2.81. The van der Waals surface area contributed by atoms with E-state index in [2.05, 4.69) is 19.9 Å². The van der Waals surface area contributed by atoms with Gasteiger partial charge < -0.3 is 13.9 Å². The molecule has 0 fully saturated rings. The molecule has 7 heteroatoms. The molecule has 0 aliphatic rings. The third-order valence-corrected chi connectivity index (χ3v) is 4.26. The molecular formula is C22H20N4O3. The Bertz CT molecular complexity index is 1080. The largest absolute Gasteiger partial charge is 0.471 e. The Kier molecular flexibility index (Phi) is 5.58. The quantitative estimate of drug-likeness (QED) is 0.468. The number of oxazole rings is 1. The molecule has 0 atom stereocenters. The lowest BCUT2D eigenvalue weighted by Gasteiger charge is -2.09. The fourth-order valence-corrected chi connectivity index (χ4v) is 2.81. The van der Waals surface area contributed by atoms with Gasteiger partial charge in [-0.1, -0.05) is 18.2 Å². The van der Waals surface area contributed by atoms with Gasteiger partial charge in [0.25, 0.3) is 0 Å². The zero-order valence-corrected chi connectivity index (χ0v) is 16.2. The van der Waals surface area contributed by atoms with Gasteiger partial charge in [0.05, 0.1) is 12.3 Å². The van der Waals surface area contributed by atoms with Crippen molar-refractivity contribution in [2.45, 2.75) is 20.1 Å². The molecule has 146 valence electrons. The van der Waals surface area contributed by atoms with Crippen molar-refractivity contribution >= 4 is 0 Å². The predicted octanol–water partition coefficient (Wildman–Crippen LogP) is 4.23. The summed E-state index contributed by atoms with van der Waals surface area (Å²) in [6, 6.07) is 15.2. The van der Waals surface area contributed by atoms with Gasteiger partial charge in [-0.15, -0.1) is 0 Å². The smallest absolute Gasteiger partial charge is 0.226 e. The van der Waals surface area contributed by atoms with Crippen molar-refractivity contribution in [3.05, 3.63) is 78.1 Å². The van der Waals surface area contributed by atoms with Crippen LogP contribution in [0, 0.1) is 6.92 Å². The van der Waals surface area contributed by atoms with Crippen LogP contribution < -0.4 is 4.74 Å². The first-order chi connectivity index (χ1) is 14.2. The molecule has 0 aliphatic heterocycles. The minimum absolute atomic E-state index is 0.237. The molecule has 0 spiro atoms. The van der Waals surface area contributed by atoms with Crippen LogP contribution in [0.5, 0.6) is 5.88 Å². The highest BCUT2D eigenvalue weighted by atomic mass is 16.5. The van der Waals surface area contributed by atoms with Crippen molar-refractivity contribution in [1.29, 1.82) is 0 Å². The number of aromatic nitrogens is 4. The molecule has 3 heterocycles. The first kappa shape index (κ1) is 18.8. The van der Waals surface area contributed by atoms with E-state index >= 15 is 0 Å². The monoisotopic (exact) mass is 388 g/mol. The lowest BCUT2D eigenvalue weighted by atomic mass is 10.2. The maximum Gasteiger partial charge on any atom is 0.226 e. The Morgan fingerprint density at radius 2 is 1.69 bits per heavy atom. The minimum Gasteiger partial charge on any atom is -0.471 e. The first-order valence-corrected chi connectivity index (χ1v) is 9.15. The van der Waals surface area contributed by atoms with E-state index in [1.807, 2.05) is 49.4 Å². The normalized spacial score (nSPS) is 10.8. The molecule has 0 aliphatic carbocycles. The second kappa shape index (κ2) is 8.62. The van der Waals surface area contributed by atoms with Crippen LogP contribution in [0.1, 0.15) is 17.1 Å². The van der Waals surface area contributed by atoms with E-state index in [1.54, 1.807) is 25.6 Å². The summed E-state index contributed by atoms with van der Waals surface area (Å²) in [6.45, 7) is 2.47. The molecule has 4 rings (SSSR count). The Morgan fingerprint density at radius 3 is 2.45 bits per heavy atom. The number of hydrogen-bond acceptors (Lipinski definition) is 7. The van der Waals surface area contributed by atoms with Crippen molar-refractivity contribution in [3.8, 4) is 28.7 Å². The number of benzene rings is 1. The number of pyridine rings is 1. The van der Waals surface area contributed by atoms with Crippen LogP contribution in [-0.2, 0) is 18.0 Å². The van der Waals surface area contributed by atoms with Crippen molar-refractivity contribution < 1.29 is 13.9 Å². The Labute approximate surface area is 168 Å². The summed E-state index contributed by atoms with van der Waals surface area (Å²) in [5.74, 6) is 2.28. The van der Waals surface area contributed by atoms with Gasteiger partial charge >= 0.3 is 0 Å². The molecule has 7 nitrogen and oxygen atoms in total. The number of methoxy groups -OCH3 is 1. The standard InChI is InChI=1S/C22H20N4O3/c1-15-19(25-22(29-15)17-6-4-3-5-7-17)14-28-20-12-18(13-27-2)24-21(26-20)16-8-10-23-11-9-16/h3-12H,13-14H2,1-2H3. The Balaban J connectivity index is 1.57. The summed E-state index contributed by atoms with van der Waals surface area (Å²) in [4.78, 5) is 17.7. The molecule has 1 aromatic carbocycles. The van der Waals surface area contributed by atoms with E-state index in [1.165, 1.54) is 0 Å². The Hall–Kier alpha value is -3.58. The SMILES string of the molecule is COCc1cc(OCc2nc(-c3ccccc3)oc2C)nc(-c2ccncc2)n1. The van der Waals surface area contributed by atoms with E-state index in [9.17, 15) is 0 Å². The molecule has 29 heavy (non-hydrogen) atoms. The van der Waals surface area contributed by atoms with E-state index < -0.39 is 0 Å².